The largest absolute Gasteiger partial charge is 0.313 e. The highest BCUT2D eigenvalue weighted by Gasteiger charge is 2.32. The molecule has 0 radical (unpaired) electrons. The van der Waals surface area contributed by atoms with Crippen LogP contribution < -0.4 is 10.6 Å². The molecule has 0 amide bonds. The molecule has 3 atom stereocenters. The van der Waals surface area contributed by atoms with Crippen LogP contribution in [0.4, 0.5) is 0 Å². The van der Waals surface area contributed by atoms with Gasteiger partial charge in [-0.1, -0.05) is 6.92 Å². The van der Waals surface area contributed by atoms with Crippen molar-refractivity contribution in [2.75, 3.05) is 13.1 Å². The smallest absolute Gasteiger partial charge is 0.0164 e. The van der Waals surface area contributed by atoms with Crippen molar-refractivity contribution in [2.24, 2.45) is 11.8 Å². The van der Waals surface area contributed by atoms with Crippen LogP contribution in [0.15, 0.2) is 0 Å². The molecule has 3 unspecified atom stereocenters. The van der Waals surface area contributed by atoms with E-state index in [-0.39, 0.29) is 0 Å². The molecule has 13 heavy (non-hydrogen) atoms. The fourth-order valence-electron chi connectivity index (χ4n) is 1.74. The first-order valence-electron chi connectivity index (χ1n) is 5.72. The average Bonchev–Trinajstić information content (AvgIpc) is 2.95. The Morgan fingerprint density at radius 3 is 2.62 bits per heavy atom. The van der Waals surface area contributed by atoms with Crippen LogP contribution in [-0.2, 0) is 0 Å². The van der Waals surface area contributed by atoms with Crippen molar-refractivity contribution in [3.63, 3.8) is 0 Å². The molecule has 0 aromatic heterocycles. The van der Waals surface area contributed by atoms with Gasteiger partial charge < -0.3 is 10.6 Å². The van der Waals surface area contributed by atoms with E-state index in [9.17, 15) is 0 Å². The quantitative estimate of drug-likeness (QED) is 0.648. The Labute approximate surface area is 81.5 Å². The van der Waals surface area contributed by atoms with Gasteiger partial charge in [0.1, 0.15) is 0 Å². The topological polar surface area (TPSA) is 24.1 Å². The predicted molar refractivity (Wildman–Crippen MR) is 55.8 cm³/mol. The molecule has 0 aromatic carbocycles. The van der Waals surface area contributed by atoms with Gasteiger partial charge in [0.25, 0.3) is 0 Å². The standard InChI is InChI=1S/C11H22N2/c1-8-5-10(8)7-12-9(2)6-13-11-3-4-11/h8-13H,3-7H2,1-2H3. The van der Waals surface area contributed by atoms with Crippen molar-refractivity contribution < 1.29 is 0 Å². The minimum Gasteiger partial charge on any atom is -0.313 e. The van der Waals surface area contributed by atoms with Crippen LogP contribution in [0.25, 0.3) is 0 Å². The molecule has 2 aliphatic rings. The fourth-order valence-corrected chi connectivity index (χ4v) is 1.74. The molecule has 0 spiro atoms. The van der Waals surface area contributed by atoms with E-state index in [0.717, 1.165) is 24.4 Å². The molecular weight excluding hydrogens is 160 g/mol. The monoisotopic (exact) mass is 182 g/mol. The van der Waals surface area contributed by atoms with Crippen molar-refractivity contribution in [3.05, 3.63) is 0 Å². The lowest BCUT2D eigenvalue weighted by Gasteiger charge is -2.14. The molecular formula is C11H22N2. The predicted octanol–water partition coefficient (Wildman–Crippen LogP) is 1.37. The molecule has 2 nitrogen and oxygen atoms in total. The molecule has 0 saturated heterocycles. The summed E-state index contributed by atoms with van der Waals surface area (Å²) in [7, 11) is 0. The number of hydrogen-bond donors (Lipinski definition) is 2. The van der Waals surface area contributed by atoms with E-state index in [1.807, 2.05) is 0 Å². The Balaban J connectivity index is 1.48. The van der Waals surface area contributed by atoms with Gasteiger partial charge in [0.05, 0.1) is 0 Å². The van der Waals surface area contributed by atoms with Crippen LogP contribution >= 0.6 is 0 Å². The van der Waals surface area contributed by atoms with Crippen LogP contribution in [0.5, 0.6) is 0 Å². The van der Waals surface area contributed by atoms with E-state index in [1.165, 1.54) is 25.8 Å². The highest BCUT2D eigenvalue weighted by atomic mass is 15.0. The SMILES string of the molecule is CC(CNC1CC1)NCC1CC1C. The van der Waals surface area contributed by atoms with E-state index < -0.39 is 0 Å². The van der Waals surface area contributed by atoms with Gasteiger partial charge in [0.2, 0.25) is 0 Å². The van der Waals surface area contributed by atoms with Crippen molar-refractivity contribution >= 4 is 0 Å². The van der Waals surface area contributed by atoms with E-state index in [0.29, 0.717) is 6.04 Å². The van der Waals surface area contributed by atoms with Crippen LogP contribution in [0, 0.1) is 11.8 Å². The summed E-state index contributed by atoms with van der Waals surface area (Å²) in [5.74, 6) is 1.96. The summed E-state index contributed by atoms with van der Waals surface area (Å²) in [6.07, 6.45) is 4.23. The van der Waals surface area contributed by atoms with Crippen molar-refractivity contribution in [1.82, 2.24) is 10.6 Å². The summed E-state index contributed by atoms with van der Waals surface area (Å²) in [4.78, 5) is 0. The molecule has 2 heteroatoms. The lowest BCUT2D eigenvalue weighted by molar-refractivity contribution is 0.482. The fraction of sp³-hybridized carbons (Fsp3) is 1.00. The highest BCUT2D eigenvalue weighted by Crippen LogP contribution is 2.36. The summed E-state index contributed by atoms with van der Waals surface area (Å²) < 4.78 is 0. The molecule has 2 aliphatic carbocycles. The first-order valence-corrected chi connectivity index (χ1v) is 5.72. The van der Waals surface area contributed by atoms with Crippen LogP contribution in [0.1, 0.15) is 33.1 Å². The lowest BCUT2D eigenvalue weighted by atomic mass is 10.3. The number of hydrogen-bond acceptors (Lipinski definition) is 2. The lowest BCUT2D eigenvalue weighted by Crippen LogP contribution is -2.38. The van der Waals surface area contributed by atoms with Crippen LogP contribution in [0.3, 0.4) is 0 Å². The summed E-state index contributed by atoms with van der Waals surface area (Å²) >= 11 is 0. The normalized spacial score (nSPS) is 34.6. The van der Waals surface area contributed by atoms with Gasteiger partial charge in [0, 0.05) is 18.6 Å². The molecule has 76 valence electrons. The zero-order valence-electron chi connectivity index (χ0n) is 8.84. The third kappa shape index (κ3) is 3.28. The second-order valence-corrected chi connectivity index (χ2v) is 4.96. The van der Waals surface area contributed by atoms with Gasteiger partial charge in [-0.15, -0.1) is 0 Å². The van der Waals surface area contributed by atoms with Crippen LogP contribution in [-0.4, -0.2) is 25.2 Å². The molecule has 2 N–H and O–H groups in total. The third-order valence-corrected chi connectivity index (χ3v) is 3.29. The van der Waals surface area contributed by atoms with Gasteiger partial charge >= 0.3 is 0 Å². The van der Waals surface area contributed by atoms with Crippen molar-refractivity contribution in [1.29, 1.82) is 0 Å². The van der Waals surface area contributed by atoms with Gasteiger partial charge in [-0.05, 0) is 44.6 Å². The van der Waals surface area contributed by atoms with Gasteiger partial charge in [0.15, 0.2) is 0 Å². The Hall–Kier alpha value is -0.0800. The second kappa shape index (κ2) is 3.97. The van der Waals surface area contributed by atoms with Gasteiger partial charge in [-0.3, -0.25) is 0 Å². The zero-order valence-corrected chi connectivity index (χ0v) is 8.84. The maximum Gasteiger partial charge on any atom is 0.0164 e. The Morgan fingerprint density at radius 2 is 2.08 bits per heavy atom. The summed E-state index contributed by atoms with van der Waals surface area (Å²) in [5.41, 5.74) is 0. The van der Waals surface area contributed by atoms with E-state index in [1.54, 1.807) is 0 Å². The average molecular weight is 182 g/mol. The second-order valence-electron chi connectivity index (χ2n) is 4.96. The molecule has 0 heterocycles. The molecule has 0 aliphatic heterocycles. The number of rotatable bonds is 6. The first kappa shape index (κ1) is 9.47. The van der Waals surface area contributed by atoms with E-state index >= 15 is 0 Å². The summed E-state index contributed by atoms with van der Waals surface area (Å²) in [6.45, 7) is 7.00. The molecule has 2 rings (SSSR count). The van der Waals surface area contributed by atoms with Crippen LogP contribution in [0.2, 0.25) is 0 Å². The van der Waals surface area contributed by atoms with E-state index in [2.05, 4.69) is 24.5 Å². The highest BCUT2D eigenvalue weighted by molar-refractivity contribution is 4.86. The molecule has 0 aromatic rings. The molecule has 2 saturated carbocycles. The Bertz CT molecular complexity index is 165. The first-order chi connectivity index (χ1) is 6.25. The summed E-state index contributed by atoms with van der Waals surface area (Å²) in [5, 5.41) is 7.14. The zero-order chi connectivity index (χ0) is 9.26. The van der Waals surface area contributed by atoms with Gasteiger partial charge in [-0.2, -0.15) is 0 Å². The third-order valence-electron chi connectivity index (χ3n) is 3.29. The van der Waals surface area contributed by atoms with Gasteiger partial charge in [-0.25, -0.2) is 0 Å². The minimum absolute atomic E-state index is 0.647. The van der Waals surface area contributed by atoms with Crippen molar-refractivity contribution in [2.45, 2.75) is 45.2 Å². The Morgan fingerprint density at radius 1 is 1.38 bits per heavy atom. The maximum absolute atomic E-state index is 3.60. The summed E-state index contributed by atoms with van der Waals surface area (Å²) in [6, 6.07) is 1.50. The maximum atomic E-state index is 3.60. The van der Waals surface area contributed by atoms with E-state index in [4.69, 9.17) is 0 Å². The Kier molecular flexibility index (Phi) is 2.89. The molecule has 0 bridgehead atoms. The molecule has 2 fully saturated rings. The minimum atomic E-state index is 0.647. The van der Waals surface area contributed by atoms with Crippen molar-refractivity contribution in [3.8, 4) is 0 Å². The number of nitrogens with one attached hydrogen (secondary N) is 2.